The SMILES string of the molecule is COc1cccc(CN(CC2CCCO2)C(=O)C(C)CN)c1. The highest BCUT2D eigenvalue weighted by atomic mass is 16.5. The fourth-order valence-corrected chi connectivity index (χ4v) is 2.67. The van der Waals surface area contributed by atoms with Gasteiger partial charge in [0.25, 0.3) is 0 Å². The van der Waals surface area contributed by atoms with E-state index in [0.717, 1.165) is 30.8 Å². The number of hydrogen-bond donors (Lipinski definition) is 1. The predicted molar refractivity (Wildman–Crippen MR) is 85.6 cm³/mol. The van der Waals surface area contributed by atoms with Crippen LogP contribution in [-0.2, 0) is 16.1 Å². The Morgan fingerprint density at radius 3 is 3.00 bits per heavy atom. The van der Waals surface area contributed by atoms with Gasteiger partial charge in [0.1, 0.15) is 5.75 Å². The van der Waals surface area contributed by atoms with Crippen molar-refractivity contribution in [2.45, 2.75) is 32.4 Å². The minimum Gasteiger partial charge on any atom is -0.497 e. The summed E-state index contributed by atoms with van der Waals surface area (Å²) in [5, 5.41) is 0. The molecule has 1 amide bonds. The molecule has 1 aromatic rings. The van der Waals surface area contributed by atoms with Crippen molar-refractivity contribution in [3.8, 4) is 5.75 Å². The monoisotopic (exact) mass is 306 g/mol. The average Bonchev–Trinajstić information content (AvgIpc) is 3.06. The Morgan fingerprint density at radius 2 is 2.36 bits per heavy atom. The van der Waals surface area contributed by atoms with Crippen LogP contribution in [0.1, 0.15) is 25.3 Å². The highest BCUT2D eigenvalue weighted by molar-refractivity contribution is 5.78. The summed E-state index contributed by atoms with van der Waals surface area (Å²) < 4.78 is 10.9. The number of hydrogen-bond acceptors (Lipinski definition) is 4. The molecule has 22 heavy (non-hydrogen) atoms. The van der Waals surface area contributed by atoms with Crippen molar-refractivity contribution in [3.63, 3.8) is 0 Å². The molecule has 2 atom stereocenters. The molecule has 0 bridgehead atoms. The van der Waals surface area contributed by atoms with Crippen LogP contribution in [0.25, 0.3) is 0 Å². The van der Waals surface area contributed by atoms with Gasteiger partial charge in [-0.15, -0.1) is 0 Å². The maximum absolute atomic E-state index is 12.6. The minimum absolute atomic E-state index is 0.0841. The summed E-state index contributed by atoms with van der Waals surface area (Å²) in [4.78, 5) is 14.4. The van der Waals surface area contributed by atoms with Gasteiger partial charge in [0.05, 0.1) is 13.2 Å². The summed E-state index contributed by atoms with van der Waals surface area (Å²) in [6.07, 6.45) is 2.22. The second-order valence-corrected chi connectivity index (χ2v) is 5.84. The fourth-order valence-electron chi connectivity index (χ4n) is 2.67. The molecule has 1 fully saturated rings. The van der Waals surface area contributed by atoms with E-state index in [-0.39, 0.29) is 17.9 Å². The molecular formula is C17H26N2O3. The number of methoxy groups -OCH3 is 1. The van der Waals surface area contributed by atoms with Crippen LogP contribution < -0.4 is 10.5 Å². The Morgan fingerprint density at radius 1 is 1.55 bits per heavy atom. The highest BCUT2D eigenvalue weighted by Gasteiger charge is 2.25. The average molecular weight is 306 g/mol. The third-order valence-electron chi connectivity index (χ3n) is 4.04. The quantitative estimate of drug-likeness (QED) is 0.834. The van der Waals surface area contributed by atoms with Gasteiger partial charge in [-0.25, -0.2) is 0 Å². The smallest absolute Gasteiger partial charge is 0.227 e. The van der Waals surface area contributed by atoms with E-state index in [1.54, 1.807) is 7.11 Å². The van der Waals surface area contributed by atoms with E-state index in [2.05, 4.69) is 0 Å². The number of amides is 1. The molecule has 1 aliphatic rings. The Kier molecular flexibility index (Phi) is 6.21. The summed E-state index contributed by atoms with van der Waals surface area (Å²) in [5.41, 5.74) is 6.71. The summed E-state index contributed by atoms with van der Waals surface area (Å²) in [7, 11) is 1.64. The van der Waals surface area contributed by atoms with Gasteiger partial charge in [-0.05, 0) is 30.5 Å². The van der Waals surface area contributed by atoms with E-state index in [9.17, 15) is 4.79 Å². The van der Waals surface area contributed by atoms with Gasteiger partial charge in [0.15, 0.2) is 0 Å². The molecule has 0 aliphatic carbocycles. The first-order valence-electron chi connectivity index (χ1n) is 7.87. The molecule has 2 rings (SSSR count). The molecule has 2 N–H and O–H groups in total. The molecule has 122 valence electrons. The molecule has 1 heterocycles. The Balaban J connectivity index is 2.09. The fraction of sp³-hybridized carbons (Fsp3) is 0.588. The molecule has 0 saturated carbocycles. The predicted octanol–water partition coefficient (Wildman–Crippen LogP) is 1.80. The van der Waals surface area contributed by atoms with E-state index in [1.807, 2.05) is 36.1 Å². The molecular weight excluding hydrogens is 280 g/mol. The lowest BCUT2D eigenvalue weighted by molar-refractivity contribution is -0.137. The van der Waals surface area contributed by atoms with Crippen LogP contribution in [0, 0.1) is 5.92 Å². The second kappa shape index (κ2) is 8.15. The number of rotatable bonds is 7. The molecule has 1 saturated heterocycles. The van der Waals surface area contributed by atoms with Crippen molar-refractivity contribution in [2.24, 2.45) is 11.7 Å². The van der Waals surface area contributed by atoms with Crippen LogP contribution >= 0.6 is 0 Å². The third-order valence-corrected chi connectivity index (χ3v) is 4.04. The molecule has 5 heteroatoms. The van der Waals surface area contributed by atoms with Crippen LogP contribution in [0.5, 0.6) is 5.75 Å². The highest BCUT2D eigenvalue weighted by Crippen LogP contribution is 2.19. The summed E-state index contributed by atoms with van der Waals surface area (Å²) in [6, 6.07) is 7.81. The Labute approximate surface area is 132 Å². The van der Waals surface area contributed by atoms with Gasteiger partial charge < -0.3 is 20.1 Å². The number of benzene rings is 1. The van der Waals surface area contributed by atoms with Crippen molar-refractivity contribution >= 4 is 5.91 Å². The maximum atomic E-state index is 12.6. The molecule has 1 aliphatic heterocycles. The topological polar surface area (TPSA) is 64.8 Å². The van der Waals surface area contributed by atoms with Gasteiger partial charge in [0, 0.05) is 32.2 Å². The Bertz CT molecular complexity index is 487. The number of nitrogens with zero attached hydrogens (tertiary/aromatic N) is 1. The largest absolute Gasteiger partial charge is 0.497 e. The number of carbonyl (C=O) groups excluding carboxylic acids is 1. The van der Waals surface area contributed by atoms with E-state index >= 15 is 0 Å². The van der Waals surface area contributed by atoms with Crippen LogP contribution in [-0.4, -0.2) is 43.7 Å². The van der Waals surface area contributed by atoms with Crippen molar-refractivity contribution in [3.05, 3.63) is 29.8 Å². The van der Waals surface area contributed by atoms with Gasteiger partial charge in [-0.3, -0.25) is 4.79 Å². The molecule has 0 radical (unpaired) electrons. The van der Waals surface area contributed by atoms with Crippen LogP contribution in [0.2, 0.25) is 0 Å². The first-order chi connectivity index (χ1) is 10.6. The second-order valence-electron chi connectivity index (χ2n) is 5.84. The number of carbonyl (C=O) groups is 1. The maximum Gasteiger partial charge on any atom is 0.227 e. The first-order valence-corrected chi connectivity index (χ1v) is 7.87. The normalized spacial score (nSPS) is 19.0. The van der Waals surface area contributed by atoms with Crippen molar-refractivity contribution < 1.29 is 14.3 Å². The molecule has 0 spiro atoms. The van der Waals surface area contributed by atoms with Crippen molar-refractivity contribution in [1.29, 1.82) is 0 Å². The summed E-state index contributed by atoms with van der Waals surface area (Å²) >= 11 is 0. The molecule has 5 nitrogen and oxygen atoms in total. The van der Waals surface area contributed by atoms with E-state index in [1.165, 1.54) is 0 Å². The van der Waals surface area contributed by atoms with Crippen LogP contribution in [0.15, 0.2) is 24.3 Å². The van der Waals surface area contributed by atoms with E-state index in [0.29, 0.717) is 19.6 Å². The minimum atomic E-state index is -0.174. The van der Waals surface area contributed by atoms with Gasteiger partial charge in [0.2, 0.25) is 5.91 Å². The lowest BCUT2D eigenvalue weighted by Crippen LogP contribution is -2.41. The van der Waals surface area contributed by atoms with Crippen molar-refractivity contribution in [1.82, 2.24) is 4.90 Å². The van der Waals surface area contributed by atoms with E-state index in [4.69, 9.17) is 15.2 Å². The van der Waals surface area contributed by atoms with Crippen LogP contribution in [0.3, 0.4) is 0 Å². The van der Waals surface area contributed by atoms with Gasteiger partial charge in [-0.1, -0.05) is 19.1 Å². The summed E-state index contributed by atoms with van der Waals surface area (Å²) in [5.74, 6) is 0.710. The molecule has 0 aromatic heterocycles. The lowest BCUT2D eigenvalue weighted by Gasteiger charge is -2.28. The van der Waals surface area contributed by atoms with Gasteiger partial charge in [-0.2, -0.15) is 0 Å². The zero-order valence-corrected chi connectivity index (χ0v) is 13.5. The molecule has 1 aromatic carbocycles. The van der Waals surface area contributed by atoms with E-state index < -0.39 is 0 Å². The molecule has 2 unspecified atom stereocenters. The zero-order chi connectivity index (χ0) is 15.9. The standard InChI is InChI=1S/C17H26N2O3/c1-13(10-18)17(20)19(12-16-7-4-8-22-16)11-14-5-3-6-15(9-14)21-2/h3,5-6,9,13,16H,4,7-8,10-12,18H2,1-2H3. The number of nitrogens with two attached hydrogens (primary N) is 1. The van der Waals surface area contributed by atoms with Gasteiger partial charge >= 0.3 is 0 Å². The first kappa shape index (κ1) is 16.8. The third kappa shape index (κ3) is 4.45. The Hall–Kier alpha value is -1.59. The van der Waals surface area contributed by atoms with Crippen LogP contribution in [0.4, 0.5) is 0 Å². The lowest BCUT2D eigenvalue weighted by atomic mass is 10.1. The zero-order valence-electron chi connectivity index (χ0n) is 13.5. The summed E-state index contributed by atoms with van der Waals surface area (Å²) in [6.45, 7) is 4.20. The number of ether oxygens (including phenoxy) is 2. The van der Waals surface area contributed by atoms with Crippen molar-refractivity contribution in [2.75, 3.05) is 26.8 Å².